The average molecular weight is 374 g/mol. The Balaban J connectivity index is 1.60. The van der Waals surface area contributed by atoms with E-state index >= 15 is 0 Å². The van der Waals surface area contributed by atoms with E-state index in [-0.39, 0.29) is 17.7 Å². The summed E-state index contributed by atoms with van der Waals surface area (Å²) >= 11 is 0. The summed E-state index contributed by atoms with van der Waals surface area (Å²) in [6, 6.07) is 2.21. The minimum absolute atomic E-state index is 0.00782. The molecule has 7 heteroatoms. The predicted molar refractivity (Wildman–Crippen MR) is 102 cm³/mol. The molecule has 27 heavy (non-hydrogen) atoms. The first-order valence-electron chi connectivity index (χ1n) is 10.3. The number of amides is 2. The standard InChI is InChI=1S/C20H31N5O2/c1-4-25-17(7-8-21-25)18(26)24-12-16-11-23(15(2)3)13-20(16,14-24)19(27)22-9-5-6-10-22/h7-8,15-16H,4-6,9-14H2,1-3H3/t16-,20-/m0/s1. The summed E-state index contributed by atoms with van der Waals surface area (Å²) in [6.45, 7) is 11.6. The number of nitrogens with zero attached hydrogens (tertiary/aromatic N) is 5. The topological polar surface area (TPSA) is 61.7 Å². The summed E-state index contributed by atoms with van der Waals surface area (Å²) in [5, 5.41) is 4.24. The quantitative estimate of drug-likeness (QED) is 0.798. The first kappa shape index (κ1) is 18.5. The van der Waals surface area contributed by atoms with Crippen molar-refractivity contribution >= 4 is 11.8 Å². The zero-order valence-corrected chi connectivity index (χ0v) is 16.7. The molecule has 4 heterocycles. The minimum atomic E-state index is -0.443. The fourth-order valence-electron chi connectivity index (χ4n) is 5.12. The number of aryl methyl sites for hydroxylation is 1. The van der Waals surface area contributed by atoms with Crippen molar-refractivity contribution in [3.05, 3.63) is 18.0 Å². The van der Waals surface area contributed by atoms with Gasteiger partial charge in [0.05, 0.1) is 5.41 Å². The average Bonchev–Trinajstić information content (AvgIpc) is 3.42. The Bertz CT molecular complexity index is 724. The Hall–Kier alpha value is -1.89. The summed E-state index contributed by atoms with van der Waals surface area (Å²) in [6.07, 6.45) is 3.87. The van der Waals surface area contributed by atoms with Gasteiger partial charge in [0.15, 0.2) is 0 Å². The van der Waals surface area contributed by atoms with Gasteiger partial charge in [-0.2, -0.15) is 5.10 Å². The van der Waals surface area contributed by atoms with E-state index in [1.165, 1.54) is 0 Å². The second kappa shape index (κ2) is 6.93. The van der Waals surface area contributed by atoms with E-state index in [0.717, 1.165) is 39.0 Å². The molecule has 148 valence electrons. The number of fused-ring (bicyclic) bond motifs is 1. The van der Waals surface area contributed by atoms with Crippen LogP contribution in [0.4, 0.5) is 0 Å². The molecule has 0 N–H and O–H groups in total. The monoisotopic (exact) mass is 373 g/mol. The Morgan fingerprint density at radius 3 is 2.59 bits per heavy atom. The van der Waals surface area contributed by atoms with Crippen molar-refractivity contribution in [1.82, 2.24) is 24.5 Å². The Morgan fingerprint density at radius 1 is 1.19 bits per heavy atom. The Morgan fingerprint density at radius 2 is 1.93 bits per heavy atom. The zero-order valence-electron chi connectivity index (χ0n) is 16.7. The maximum absolute atomic E-state index is 13.5. The number of aromatic nitrogens is 2. The number of hydrogen-bond acceptors (Lipinski definition) is 4. The number of carbonyl (C=O) groups excluding carboxylic acids is 2. The fourth-order valence-corrected chi connectivity index (χ4v) is 5.12. The molecule has 7 nitrogen and oxygen atoms in total. The lowest BCUT2D eigenvalue weighted by Crippen LogP contribution is -2.49. The van der Waals surface area contributed by atoms with E-state index in [2.05, 4.69) is 23.8 Å². The van der Waals surface area contributed by atoms with Crippen LogP contribution in [-0.4, -0.2) is 81.6 Å². The van der Waals surface area contributed by atoms with Crippen LogP contribution >= 0.6 is 0 Å². The summed E-state index contributed by atoms with van der Waals surface area (Å²) in [7, 11) is 0. The Labute approximate surface area is 161 Å². The van der Waals surface area contributed by atoms with Crippen molar-refractivity contribution in [1.29, 1.82) is 0 Å². The van der Waals surface area contributed by atoms with Crippen LogP contribution in [-0.2, 0) is 11.3 Å². The molecule has 1 aromatic rings. The number of hydrogen-bond donors (Lipinski definition) is 0. The van der Waals surface area contributed by atoms with Crippen LogP contribution in [0.1, 0.15) is 44.1 Å². The molecular weight excluding hydrogens is 342 g/mol. The van der Waals surface area contributed by atoms with Crippen molar-refractivity contribution in [3.8, 4) is 0 Å². The van der Waals surface area contributed by atoms with E-state index in [4.69, 9.17) is 0 Å². The van der Waals surface area contributed by atoms with Gasteiger partial charge in [0, 0.05) is 64.0 Å². The molecule has 3 fully saturated rings. The molecule has 0 aliphatic carbocycles. The van der Waals surface area contributed by atoms with E-state index in [0.29, 0.717) is 31.4 Å². The fraction of sp³-hybridized carbons (Fsp3) is 0.750. The maximum atomic E-state index is 13.5. The van der Waals surface area contributed by atoms with Crippen molar-refractivity contribution < 1.29 is 9.59 Å². The highest BCUT2D eigenvalue weighted by Crippen LogP contribution is 2.45. The van der Waals surface area contributed by atoms with Crippen molar-refractivity contribution in [2.45, 2.75) is 46.2 Å². The van der Waals surface area contributed by atoms with Gasteiger partial charge in [-0.3, -0.25) is 19.2 Å². The molecule has 4 rings (SSSR count). The van der Waals surface area contributed by atoms with Gasteiger partial charge < -0.3 is 9.80 Å². The van der Waals surface area contributed by atoms with Crippen molar-refractivity contribution in [2.24, 2.45) is 11.3 Å². The molecule has 0 spiro atoms. The molecule has 0 bridgehead atoms. The molecule has 0 unspecified atom stereocenters. The van der Waals surface area contributed by atoms with Gasteiger partial charge in [0.1, 0.15) is 5.69 Å². The first-order valence-corrected chi connectivity index (χ1v) is 10.3. The van der Waals surface area contributed by atoms with Crippen molar-refractivity contribution in [3.63, 3.8) is 0 Å². The summed E-state index contributed by atoms with van der Waals surface area (Å²) in [5.74, 6) is 0.496. The van der Waals surface area contributed by atoms with Crippen LogP contribution in [0.15, 0.2) is 12.3 Å². The second-order valence-electron chi connectivity index (χ2n) is 8.59. The van der Waals surface area contributed by atoms with Gasteiger partial charge in [-0.05, 0) is 39.7 Å². The highest BCUT2D eigenvalue weighted by Gasteiger charge is 2.59. The molecule has 3 aliphatic rings. The lowest BCUT2D eigenvalue weighted by molar-refractivity contribution is -0.141. The normalized spacial score (nSPS) is 28.4. The lowest BCUT2D eigenvalue weighted by atomic mass is 9.79. The minimum Gasteiger partial charge on any atom is -0.342 e. The van der Waals surface area contributed by atoms with Crippen LogP contribution in [0.3, 0.4) is 0 Å². The van der Waals surface area contributed by atoms with Gasteiger partial charge in [0.25, 0.3) is 5.91 Å². The van der Waals surface area contributed by atoms with Gasteiger partial charge in [0.2, 0.25) is 5.91 Å². The van der Waals surface area contributed by atoms with Crippen LogP contribution in [0, 0.1) is 11.3 Å². The van der Waals surface area contributed by atoms with Crippen LogP contribution in [0.25, 0.3) is 0 Å². The molecule has 2 amide bonds. The van der Waals surface area contributed by atoms with Crippen molar-refractivity contribution in [2.75, 3.05) is 39.3 Å². The van der Waals surface area contributed by atoms with E-state index < -0.39 is 5.41 Å². The molecule has 0 saturated carbocycles. The molecule has 2 atom stereocenters. The van der Waals surface area contributed by atoms with Crippen LogP contribution in [0.2, 0.25) is 0 Å². The molecule has 3 saturated heterocycles. The SMILES string of the molecule is CCn1nccc1C(=O)N1C[C@@H]2CN(C(C)C)C[C@]2(C(=O)N2CCCC2)C1. The van der Waals surface area contributed by atoms with Gasteiger partial charge in [-0.15, -0.1) is 0 Å². The predicted octanol–water partition coefficient (Wildman–Crippen LogP) is 1.31. The largest absolute Gasteiger partial charge is 0.342 e. The smallest absolute Gasteiger partial charge is 0.272 e. The molecule has 0 aromatic carbocycles. The molecule has 1 aromatic heterocycles. The van der Waals surface area contributed by atoms with E-state index in [9.17, 15) is 9.59 Å². The molecular formula is C20H31N5O2. The van der Waals surface area contributed by atoms with Gasteiger partial charge in [-0.25, -0.2) is 0 Å². The number of carbonyl (C=O) groups is 2. The molecule has 3 aliphatic heterocycles. The Kier molecular flexibility index (Phi) is 4.74. The summed E-state index contributed by atoms with van der Waals surface area (Å²) < 4.78 is 1.74. The zero-order chi connectivity index (χ0) is 19.2. The van der Waals surface area contributed by atoms with Gasteiger partial charge >= 0.3 is 0 Å². The third kappa shape index (κ3) is 2.96. The summed E-state index contributed by atoms with van der Waals surface area (Å²) in [5.41, 5.74) is 0.184. The second-order valence-corrected chi connectivity index (χ2v) is 8.59. The highest BCUT2D eigenvalue weighted by molar-refractivity contribution is 5.94. The third-order valence-electron chi connectivity index (χ3n) is 6.71. The highest BCUT2D eigenvalue weighted by atomic mass is 16.2. The first-order chi connectivity index (χ1) is 13.0. The van der Waals surface area contributed by atoms with E-state index in [1.54, 1.807) is 16.9 Å². The van der Waals surface area contributed by atoms with Gasteiger partial charge in [-0.1, -0.05) is 0 Å². The number of rotatable bonds is 4. The summed E-state index contributed by atoms with van der Waals surface area (Å²) in [4.78, 5) is 33.0. The number of likely N-dealkylation sites (tertiary alicyclic amines) is 3. The maximum Gasteiger partial charge on any atom is 0.272 e. The third-order valence-corrected chi connectivity index (χ3v) is 6.71. The van der Waals surface area contributed by atoms with E-state index in [1.807, 2.05) is 16.7 Å². The van der Waals surface area contributed by atoms with Crippen LogP contribution in [0.5, 0.6) is 0 Å². The molecule has 0 radical (unpaired) electrons. The van der Waals surface area contributed by atoms with Crippen LogP contribution < -0.4 is 0 Å². The lowest BCUT2D eigenvalue weighted by Gasteiger charge is -2.33.